The molecule has 9 heteroatoms. The van der Waals surface area contributed by atoms with Crippen LogP contribution in [-0.4, -0.2) is 73.4 Å². The third-order valence-corrected chi connectivity index (χ3v) is 13.2. The Morgan fingerprint density at radius 3 is 1.31 bits per heavy atom. The fourth-order valence-corrected chi connectivity index (χ4v) is 8.57. The van der Waals surface area contributed by atoms with Crippen LogP contribution in [0.4, 0.5) is 0 Å². The van der Waals surface area contributed by atoms with Crippen molar-refractivity contribution in [3.63, 3.8) is 0 Å². The molecule has 0 saturated heterocycles. The van der Waals surface area contributed by atoms with Crippen LogP contribution in [0.15, 0.2) is 72.9 Å². The topological polar surface area (TPSA) is 105 Å². The first-order valence-corrected chi connectivity index (χ1v) is 29.3. The van der Waals surface area contributed by atoms with Crippen LogP contribution < -0.4 is 5.32 Å². The van der Waals surface area contributed by atoms with Crippen LogP contribution in [0.5, 0.6) is 0 Å². The average molecular weight is 960 g/mol. The van der Waals surface area contributed by atoms with Crippen LogP contribution in [0, 0.1) is 0 Å². The van der Waals surface area contributed by atoms with Gasteiger partial charge in [-0.15, -0.1) is 0 Å². The Morgan fingerprint density at radius 1 is 0.522 bits per heavy atom. The number of unbranched alkanes of at least 4 members (excludes halogenated alkanes) is 27. The molecule has 390 valence electrons. The number of rotatable bonds is 50. The summed E-state index contributed by atoms with van der Waals surface area (Å²) >= 11 is 0. The molecule has 3 unspecified atom stereocenters. The van der Waals surface area contributed by atoms with E-state index in [1.807, 2.05) is 27.2 Å². The number of aliphatic hydroxyl groups is 1. The molecule has 0 bridgehead atoms. The highest BCUT2D eigenvalue weighted by Crippen LogP contribution is 2.43. The van der Waals surface area contributed by atoms with Gasteiger partial charge in [0.2, 0.25) is 5.91 Å². The molecule has 0 aliphatic carbocycles. The van der Waals surface area contributed by atoms with Gasteiger partial charge in [-0.25, -0.2) is 4.57 Å². The summed E-state index contributed by atoms with van der Waals surface area (Å²) in [5.74, 6) is -0.182. The summed E-state index contributed by atoms with van der Waals surface area (Å²) in [7, 11) is 1.57. The molecule has 0 rings (SSSR count). The van der Waals surface area contributed by atoms with Crippen LogP contribution in [0.25, 0.3) is 0 Å². The maximum Gasteiger partial charge on any atom is 0.472 e. The van der Waals surface area contributed by atoms with Gasteiger partial charge in [0.05, 0.1) is 39.9 Å². The van der Waals surface area contributed by atoms with Crippen LogP contribution >= 0.6 is 7.82 Å². The number of likely N-dealkylation sites (N-methyl/N-ethyl adjacent to an activating group) is 1. The third kappa shape index (κ3) is 51.6. The number of allylic oxidation sites excluding steroid dienone is 11. The second-order valence-electron chi connectivity index (χ2n) is 19.9. The fourth-order valence-electron chi connectivity index (χ4n) is 7.83. The highest BCUT2D eigenvalue weighted by molar-refractivity contribution is 7.47. The van der Waals surface area contributed by atoms with E-state index in [0.29, 0.717) is 17.4 Å². The van der Waals surface area contributed by atoms with Gasteiger partial charge in [-0.05, 0) is 64.2 Å². The summed E-state index contributed by atoms with van der Waals surface area (Å²) < 4.78 is 23.7. The second-order valence-corrected chi connectivity index (χ2v) is 21.4. The first-order chi connectivity index (χ1) is 32.5. The quantitative estimate of drug-likeness (QED) is 0.0243. The lowest BCUT2D eigenvalue weighted by Crippen LogP contribution is -2.45. The lowest BCUT2D eigenvalue weighted by atomic mass is 10.0. The number of aliphatic hydroxyl groups excluding tert-OH is 1. The number of amides is 1. The summed E-state index contributed by atoms with van der Waals surface area (Å²) in [4.78, 5) is 23.3. The molecule has 0 saturated carbocycles. The number of phosphoric acid groups is 1. The van der Waals surface area contributed by atoms with Gasteiger partial charge in [0.15, 0.2) is 0 Å². The van der Waals surface area contributed by atoms with Crippen LogP contribution in [0.1, 0.15) is 239 Å². The largest absolute Gasteiger partial charge is 0.472 e. The lowest BCUT2D eigenvalue weighted by Gasteiger charge is -2.25. The number of nitrogens with zero attached hydrogens (tertiary/aromatic N) is 1. The van der Waals surface area contributed by atoms with Crippen LogP contribution in [-0.2, 0) is 18.4 Å². The zero-order valence-corrected chi connectivity index (χ0v) is 45.3. The molecule has 0 radical (unpaired) electrons. The lowest BCUT2D eigenvalue weighted by molar-refractivity contribution is -0.870. The van der Waals surface area contributed by atoms with Gasteiger partial charge in [-0.2, -0.15) is 0 Å². The molecule has 0 aromatic heterocycles. The zero-order chi connectivity index (χ0) is 49.2. The van der Waals surface area contributed by atoms with Gasteiger partial charge in [0, 0.05) is 6.42 Å². The Labute approximate surface area is 414 Å². The number of quaternary nitrogens is 1. The normalized spacial score (nSPS) is 14.6. The maximum atomic E-state index is 13.0. The molecule has 1 amide bonds. The molecule has 0 aliphatic rings. The molecule has 3 N–H and O–H groups in total. The third-order valence-electron chi connectivity index (χ3n) is 12.2. The predicted octanol–water partition coefficient (Wildman–Crippen LogP) is 16.7. The first-order valence-electron chi connectivity index (χ1n) is 27.8. The van der Waals surface area contributed by atoms with E-state index in [0.717, 1.165) is 70.6 Å². The van der Waals surface area contributed by atoms with E-state index < -0.39 is 20.0 Å². The Kier molecular flexibility index (Phi) is 47.4. The molecule has 0 aromatic rings. The minimum absolute atomic E-state index is 0.0586. The SMILES string of the molecule is CC/C=C\C/C=C\C/C=C\C/C=C\C/C=C\CCCCCCCCCCCCCC(=O)NC(COP(=O)(O)OCC[N+](C)(C)C)C(O)/C=C/CCCCCCCCCCCCCCCCCC. The zero-order valence-electron chi connectivity index (χ0n) is 44.4. The number of hydrogen-bond acceptors (Lipinski definition) is 5. The van der Waals surface area contributed by atoms with Crippen molar-refractivity contribution in [3.8, 4) is 0 Å². The highest BCUT2D eigenvalue weighted by atomic mass is 31.2. The molecule has 0 aromatic carbocycles. The van der Waals surface area contributed by atoms with Crippen LogP contribution in [0.2, 0.25) is 0 Å². The summed E-state index contributed by atoms with van der Waals surface area (Å²) in [6, 6.07) is -0.852. The maximum absolute atomic E-state index is 13.0. The summed E-state index contributed by atoms with van der Waals surface area (Å²) in [5.41, 5.74) is 0. The van der Waals surface area contributed by atoms with Crippen molar-refractivity contribution < 1.29 is 32.9 Å². The molecule has 0 fully saturated rings. The standard InChI is InChI=1S/C58H107N2O6P/c1-6-8-10-12-14-16-18-20-22-24-26-27-28-29-30-31-32-33-34-36-38-40-42-44-46-48-50-52-58(62)59-56(55-66-67(63,64)65-54-53-60(3,4)5)57(61)51-49-47-45-43-41-39-37-35-25-23-21-19-17-15-13-11-9-7-2/h8,10,14,16,20,22,26-27,29-30,49,51,56-57,61H,6-7,9,11-13,15,17-19,21,23-25,28,31-48,50,52-55H2,1-5H3,(H-,59,62,63,64)/p+1/b10-8-,16-14-,22-20-,27-26-,30-29-,51-49+. The molecule has 0 spiro atoms. The van der Waals surface area contributed by atoms with E-state index in [2.05, 4.69) is 79.9 Å². The number of nitrogens with one attached hydrogen (secondary N) is 1. The van der Waals surface area contributed by atoms with Gasteiger partial charge in [-0.1, -0.05) is 241 Å². The van der Waals surface area contributed by atoms with E-state index in [9.17, 15) is 19.4 Å². The van der Waals surface area contributed by atoms with Gasteiger partial charge < -0.3 is 19.8 Å². The molecule has 8 nitrogen and oxygen atoms in total. The fraction of sp³-hybridized carbons (Fsp3) is 0.776. The van der Waals surface area contributed by atoms with E-state index in [4.69, 9.17) is 9.05 Å². The summed E-state index contributed by atoms with van der Waals surface area (Å²) in [5, 5.41) is 13.9. The predicted molar refractivity (Wildman–Crippen MR) is 290 cm³/mol. The highest BCUT2D eigenvalue weighted by Gasteiger charge is 2.27. The molecule has 3 atom stereocenters. The smallest absolute Gasteiger partial charge is 0.387 e. The summed E-state index contributed by atoms with van der Waals surface area (Å²) in [6.07, 6.45) is 67.0. The number of carbonyl (C=O) groups excluding carboxylic acids is 1. The minimum Gasteiger partial charge on any atom is -0.387 e. The molecule has 67 heavy (non-hydrogen) atoms. The van der Waals surface area contributed by atoms with Crippen molar-refractivity contribution in [2.45, 2.75) is 251 Å². The van der Waals surface area contributed by atoms with E-state index >= 15 is 0 Å². The van der Waals surface area contributed by atoms with Gasteiger partial charge in [-0.3, -0.25) is 13.8 Å². The van der Waals surface area contributed by atoms with Gasteiger partial charge >= 0.3 is 7.82 Å². The number of hydrogen-bond donors (Lipinski definition) is 3. The monoisotopic (exact) mass is 960 g/mol. The first kappa shape index (κ1) is 64.9. The van der Waals surface area contributed by atoms with Crippen molar-refractivity contribution in [1.82, 2.24) is 5.32 Å². The van der Waals surface area contributed by atoms with Crippen LogP contribution in [0.3, 0.4) is 0 Å². The second kappa shape index (κ2) is 48.9. The molecular formula is C58H108N2O6P+. The Bertz CT molecular complexity index is 1320. The Balaban J connectivity index is 4.24. The van der Waals surface area contributed by atoms with E-state index in [1.165, 1.54) is 148 Å². The number of phosphoric ester groups is 1. The van der Waals surface area contributed by atoms with Crippen molar-refractivity contribution in [3.05, 3.63) is 72.9 Å². The molecular weight excluding hydrogens is 852 g/mol. The molecule has 0 heterocycles. The van der Waals surface area contributed by atoms with Crippen molar-refractivity contribution in [2.75, 3.05) is 40.9 Å². The van der Waals surface area contributed by atoms with Crippen molar-refractivity contribution >= 4 is 13.7 Å². The molecule has 0 aliphatic heterocycles. The van der Waals surface area contributed by atoms with E-state index in [-0.39, 0.29) is 19.1 Å². The van der Waals surface area contributed by atoms with Crippen molar-refractivity contribution in [1.29, 1.82) is 0 Å². The van der Waals surface area contributed by atoms with E-state index in [1.54, 1.807) is 6.08 Å². The summed E-state index contributed by atoms with van der Waals surface area (Å²) in [6.45, 7) is 4.71. The van der Waals surface area contributed by atoms with Gasteiger partial charge in [0.1, 0.15) is 13.2 Å². The van der Waals surface area contributed by atoms with Crippen molar-refractivity contribution in [2.24, 2.45) is 0 Å². The average Bonchev–Trinajstić information content (AvgIpc) is 3.29. The Morgan fingerprint density at radius 2 is 0.896 bits per heavy atom. The minimum atomic E-state index is -4.35. The number of carbonyl (C=O) groups is 1. The van der Waals surface area contributed by atoms with Gasteiger partial charge in [0.25, 0.3) is 0 Å². The Hall–Kier alpha value is -2.06.